The van der Waals surface area contributed by atoms with E-state index in [0.717, 1.165) is 16.3 Å². The van der Waals surface area contributed by atoms with E-state index in [1.165, 1.54) is 11.3 Å². The van der Waals surface area contributed by atoms with E-state index in [0.29, 0.717) is 30.2 Å². The van der Waals surface area contributed by atoms with Gasteiger partial charge in [-0.1, -0.05) is 17.4 Å². The highest BCUT2D eigenvalue weighted by Crippen LogP contribution is 2.29. The first-order chi connectivity index (χ1) is 12.8. The molecule has 8 heteroatoms. The first-order valence-electron chi connectivity index (χ1n) is 8.96. The van der Waals surface area contributed by atoms with Crippen LogP contribution in [-0.4, -0.2) is 48.5 Å². The summed E-state index contributed by atoms with van der Waals surface area (Å²) in [4.78, 5) is 34.1. The molecule has 0 spiro atoms. The number of carbonyl (C=O) groups is 2. The first kappa shape index (κ1) is 19.2. The molecule has 0 bridgehead atoms. The molecule has 3 amide bonds. The lowest BCUT2D eigenvalue weighted by molar-refractivity contribution is 0.0736. The van der Waals surface area contributed by atoms with Gasteiger partial charge in [-0.3, -0.25) is 10.1 Å². The van der Waals surface area contributed by atoms with E-state index in [1.54, 1.807) is 0 Å². The maximum absolute atomic E-state index is 12.9. The largest absolute Gasteiger partial charge is 0.378 e. The summed E-state index contributed by atoms with van der Waals surface area (Å²) in [6, 6.07) is 7.44. The number of urea groups is 1. The van der Waals surface area contributed by atoms with Gasteiger partial charge in [0.1, 0.15) is 0 Å². The Labute approximate surface area is 163 Å². The van der Waals surface area contributed by atoms with Crippen LogP contribution >= 0.6 is 11.3 Å². The Morgan fingerprint density at radius 3 is 2.78 bits per heavy atom. The summed E-state index contributed by atoms with van der Waals surface area (Å²) in [6.45, 7) is 4.95. The van der Waals surface area contributed by atoms with Crippen molar-refractivity contribution in [2.24, 2.45) is 0 Å². The standard InChI is InChI=1S/C19H25N5O2S/c1-12(2)20-18(26)22-19-21-15-8-9-24(11-16(15)27-19)17(25)13-6-5-7-14(10-13)23(3)4/h5-7,10,12H,8-9,11H2,1-4H3,(H2,20,21,22,26). The van der Waals surface area contributed by atoms with Gasteiger partial charge >= 0.3 is 6.03 Å². The molecule has 0 saturated carbocycles. The number of aromatic nitrogens is 1. The molecule has 0 aliphatic carbocycles. The van der Waals surface area contributed by atoms with Crippen molar-refractivity contribution in [2.75, 3.05) is 30.9 Å². The van der Waals surface area contributed by atoms with Gasteiger partial charge in [-0.25, -0.2) is 9.78 Å². The van der Waals surface area contributed by atoms with Crippen LogP contribution in [0.25, 0.3) is 0 Å². The molecule has 1 aliphatic rings. The number of nitrogens with zero attached hydrogens (tertiary/aromatic N) is 3. The molecule has 0 saturated heterocycles. The first-order valence-corrected chi connectivity index (χ1v) is 9.78. The Morgan fingerprint density at radius 2 is 2.07 bits per heavy atom. The lowest BCUT2D eigenvalue weighted by Crippen LogP contribution is -2.35. The third kappa shape index (κ3) is 4.57. The molecule has 1 aromatic carbocycles. The second-order valence-corrected chi connectivity index (χ2v) is 8.15. The second kappa shape index (κ2) is 7.96. The molecule has 1 aromatic heterocycles. The van der Waals surface area contributed by atoms with Crippen LogP contribution in [0.3, 0.4) is 0 Å². The second-order valence-electron chi connectivity index (χ2n) is 7.06. The van der Waals surface area contributed by atoms with Crippen molar-refractivity contribution in [3.63, 3.8) is 0 Å². The maximum Gasteiger partial charge on any atom is 0.321 e. The molecular formula is C19H25N5O2S. The number of amides is 3. The highest BCUT2D eigenvalue weighted by atomic mass is 32.1. The molecule has 2 aromatic rings. The fourth-order valence-electron chi connectivity index (χ4n) is 2.92. The summed E-state index contributed by atoms with van der Waals surface area (Å²) in [6.07, 6.45) is 0.693. The number of hydrogen-bond acceptors (Lipinski definition) is 5. The minimum absolute atomic E-state index is 0.0183. The van der Waals surface area contributed by atoms with Crippen molar-refractivity contribution >= 4 is 34.1 Å². The molecule has 0 radical (unpaired) electrons. The minimum atomic E-state index is -0.260. The summed E-state index contributed by atoms with van der Waals surface area (Å²) in [5.41, 5.74) is 2.65. The minimum Gasteiger partial charge on any atom is -0.378 e. The predicted molar refractivity (Wildman–Crippen MR) is 109 cm³/mol. The van der Waals surface area contributed by atoms with Crippen LogP contribution in [0.15, 0.2) is 24.3 Å². The van der Waals surface area contributed by atoms with Crippen LogP contribution in [0.1, 0.15) is 34.8 Å². The zero-order valence-corrected chi connectivity index (χ0v) is 16.9. The van der Waals surface area contributed by atoms with Gasteiger partial charge in [0.25, 0.3) is 5.91 Å². The topological polar surface area (TPSA) is 77.6 Å². The molecule has 7 nitrogen and oxygen atoms in total. The van der Waals surface area contributed by atoms with E-state index in [9.17, 15) is 9.59 Å². The molecule has 3 rings (SSSR count). The number of rotatable bonds is 4. The lowest BCUT2D eigenvalue weighted by atomic mass is 10.1. The Bertz CT molecular complexity index is 846. The van der Waals surface area contributed by atoms with Gasteiger partial charge in [-0.05, 0) is 32.0 Å². The number of anilines is 2. The van der Waals surface area contributed by atoms with Crippen LogP contribution in [0.4, 0.5) is 15.6 Å². The number of hydrogen-bond donors (Lipinski definition) is 2. The van der Waals surface area contributed by atoms with Gasteiger partial charge in [-0.2, -0.15) is 0 Å². The van der Waals surface area contributed by atoms with E-state index < -0.39 is 0 Å². The average molecular weight is 388 g/mol. The van der Waals surface area contributed by atoms with Crippen LogP contribution in [0.2, 0.25) is 0 Å². The Morgan fingerprint density at radius 1 is 1.30 bits per heavy atom. The van der Waals surface area contributed by atoms with Crippen LogP contribution < -0.4 is 15.5 Å². The Balaban J connectivity index is 1.70. The van der Waals surface area contributed by atoms with Crippen molar-refractivity contribution in [3.05, 3.63) is 40.4 Å². The van der Waals surface area contributed by atoms with Crippen LogP contribution in [0.5, 0.6) is 0 Å². The van der Waals surface area contributed by atoms with E-state index in [4.69, 9.17) is 0 Å². The number of fused-ring (bicyclic) bond motifs is 1. The SMILES string of the molecule is CC(C)NC(=O)Nc1nc2c(s1)CN(C(=O)c1cccc(N(C)C)c1)CC2. The summed E-state index contributed by atoms with van der Waals surface area (Å²) in [5, 5.41) is 6.13. The lowest BCUT2D eigenvalue weighted by Gasteiger charge is -2.26. The van der Waals surface area contributed by atoms with Gasteiger partial charge in [0.15, 0.2) is 5.13 Å². The van der Waals surface area contributed by atoms with E-state index in [-0.39, 0.29) is 18.0 Å². The van der Waals surface area contributed by atoms with Crippen molar-refractivity contribution < 1.29 is 9.59 Å². The third-order valence-electron chi connectivity index (χ3n) is 4.27. The fraction of sp³-hybridized carbons (Fsp3) is 0.421. The van der Waals surface area contributed by atoms with Crippen molar-refractivity contribution in [1.82, 2.24) is 15.2 Å². The van der Waals surface area contributed by atoms with Crippen molar-refractivity contribution in [1.29, 1.82) is 0 Å². The molecule has 1 aliphatic heterocycles. The van der Waals surface area contributed by atoms with Gasteiger partial charge < -0.3 is 15.1 Å². The van der Waals surface area contributed by atoms with Crippen LogP contribution in [-0.2, 0) is 13.0 Å². The monoisotopic (exact) mass is 387 g/mol. The Kier molecular flexibility index (Phi) is 5.65. The molecule has 144 valence electrons. The van der Waals surface area contributed by atoms with Crippen molar-refractivity contribution in [3.8, 4) is 0 Å². The van der Waals surface area contributed by atoms with E-state index in [2.05, 4.69) is 15.6 Å². The molecule has 0 atom stereocenters. The van der Waals surface area contributed by atoms with Gasteiger partial charge in [0.2, 0.25) is 0 Å². The molecule has 0 unspecified atom stereocenters. The quantitative estimate of drug-likeness (QED) is 0.846. The molecule has 0 fully saturated rings. The molecule has 2 N–H and O–H groups in total. The number of nitrogens with one attached hydrogen (secondary N) is 2. The van der Waals surface area contributed by atoms with E-state index in [1.807, 2.05) is 62.0 Å². The zero-order chi connectivity index (χ0) is 19.6. The fourth-order valence-corrected chi connectivity index (χ4v) is 3.94. The summed E-state index contributed by atoms with van der Waals surface area (Å²) < 4.78 is 0. The summed E-state index contributed by atoms with van der Waals surface area (Å²) in [5.74, 6) is 0.0183. The van der Waals surface area contributed by atoms with Gasteiger partial charge in [0.05, 0.1) is 12.2 Å². The molecule has 2 heterocycles. The van der Waals surface area contributed by atoms with Crippen molar-refractivity contribution in [2.45, 2.75) is 32.9 Å². The molecular weight excluding hydrogens is 362 g/mol. The number of benzene rings is 1. The predicted octanol–water partition coefficient (Wildman–Crippen LogP) is 2.94. The highest BCUT2D eigenvalue weighted by molar-refractivity contribution is 7.15. The average Bonchev–Trinajstić information content (AvgIpc) is 3.01. The highest BCUT2D eigenvalue weighted by Gasteiger charge is 2.25. The summed E-state index contributed by atoms with van der Waals surface area (Å²) in [7, 11) is 3.91. The maximum atomic E-state index is 12.9. The van der Waals surface area contributed by atoms with Gasteiger partial charge in [-0.15, -0.1) is 0 Å². The normalized spacial score (nSPS) is 13.3. The number of thiazole rings is 1. The van der Waals surface area contributed by atoms with Gasteiger partial charge in [0, 0.05) is 49.2 Å². The Hall–Kier alpha value is -2.61. The molecule has 27 heavy (non-hydrogen) atoms. The zero-order valence-electron chi connectivity index (χ0n) is 16.1. The smallest absolute Gasteiger partial charge is 0.321 e. The van der Waals surface area contributed by atoms with E-state index >= 15 is 0 Å². The third-order valence-corrected chi connectivity index (χ3v) is 5.27. The summed E-state index contributed by atoms with van der Waals surface area (Å²) >= 11 is 1.43. The number of carbonyl (C=O) groups excluding carboxylic acids is 2. The van der Waals surface area contributed by atoms with Crippen LogP contribution in [0, 0.1) is 0 Å².